The first-order valence-electron chi connectivity index (χ1n) is 6.54. The van der Waals surface area contributed by atoms with Crippen LogP contribution in [0.1, 0.15) is 5.56 Å². The molecule has 0 aliphatic carbocycles. The van der Waals surface area contributed by atoms with Crippen LogP contribution in [0.5, 0.6) is 0 Å². The number of aromatic nitrogens is 1. The van der Waals surface area contributed by atoms with E-state index in [4.69, 9.17) is 4.42 Å². The van der Waals surface area contributed by atoms with Crippen molar-refractivity contribution in [2.75, 3.05) is 4.72 Å². The molecule has 1 aromatic heterocycles. The number of nitrogens with one attached hydrogen (secondary N) is 1. The zero-order valence-electron chi connectivity index (χ0n) is 11.8. The zero-order valence-corrected chi connectivity index (χ0v) is 12.7. The highest BCUT2D eigenvalue weighted by atomic mass is 32.2. The van der Waals surface area contributed by atoms with Crippen molar-refractivity contribution in [3.8, 4) is 0 Å². The van der Waals surface area contributed by atoms with E-state index in [-0.39, 0.29) is 0 Å². The van der Waals surface area contributed by atoms with E-state index in [0.717, 1.165) is 24.1 Å². The van der Waals surface area contributed by atoms with E-state index >= 15 is 0 Å². The monoisotopic (exact) mass is 340 g/mol. The molecule has 3 rings (SSSR count). The second-order valence-electron chi connectivity index (χ2n) is 4.84. The van der Waals surface area contributed by atoms with Crippen LogP contribution in [0.25, 0.3) is 11.1 Å². The van der Waals surface area contributed by atoms with Crippen LogP contribution in [0, 0.1) is 0 Å². The minimum absolute atomic E-state index is 0.333. The van der Waals surface area contributed by atoms with E-state index in [0.29, 0.717) is 21.7 Å². The summed E-state index contributed by atoms with van der Waals surface area (Å²) in [6.07, 6.45) is -4.38. The maximum Gasteiger partial charge on any atom is 0.419 e. The Morgan fingerprint density at radius 1 is 1.17 bits per heavy atom. The largest absolute Gasteiger partial charge is 0.419 e. The minimum Gasteiger partial charge on any atom is -0.408 e. The fourth-order valence-electron chi connectivity index (χ4n) is 2.05. The third-order valence-corrected chi connectivity index (χ3v) is 4.07. The van der Waals surface area contributed by atoms with Crippen LogP contribution in [0.2, 0.25) is 0 Å². The number of hydrogen-bond donors (Lipinski definition) is 1. The molecule has 0 atom stereocenters. The Morgan fingerprint density at radius 2 is 1.96 bits per heavy atom. The number of fused-ring (bicyclic) bond motifs is 1. The maximum absolute atomic E-state index is 12.7. The molecule has 1 N–H and O–H groups in total. The van der Waals surface area contributed by atoms with Crippen molar-refractivity contribution in [3.05, 3.63) is 58.6 Å². The second-order valence-corrected chi connectivity index (χ2v) is 5.72. The van der Waals surface area contributed by atoms with Crippen LogP contribution in [-0.2, 0) is 13.2 Å². The van der Waals surface area contributed by atoms with Crippen LogP contribution in [0.4, 0.5) is 18.9 Å². The molecule has 0 saturated carbocycles. The van der Waals surface area contributed by atoms with Gasteiger partial charge in [-0.05, 0) is 48.3 Å². The summed E-state index contributed by atoms with van der Waals surface area (Å²) in [5.74, 6) is -0.465. The van der Waals surface area contributed by atoms with E-state index < -0.39 is 17.5 Å². The SMILES string of the molecule is Cn1c(=O)oc2cc(SNc3cccc(C(F)(F)F)c3)ccc21. The molecule has 0 radical (unpaired) electrons. The van der Waals surface area contributed by atoms with Gasteiger partial charge in [0.1, 0.15) is 0 Å². The highest BCUT2D eigenvalue weighted by Gasteiger charge is 2.30. The summed E-state index contributed by atoms with van der Waals surface area (Å²) in [4.78, 5) is 12.1. The molecule has 0 unspecified atom stereocenters. The average Bonchev–Trinajstić information content (AvgIpc) is 2.79. The predicted molar refractivity (Wildman–Crippen MR) is 82.4 cm³/mol. The van der Waals surface area contributed by atoms with Gasteiger partial charge in [-0.2, -0.15) is 13.2 Å². The molecule has 0 aliphatic rings. The zero-order chi connectivity index (χ0) is 16.6. The number of hydrogen-bond acceptors (Lipinski definition) is 4. The Balaban J connectivity index is 1.79. The number of halogens is 3. The highest BCUT2D eigenvalue weighted by molar-refractivity contribution is 8.00. The Labute approximate surface area is 133 Å². The quantitative estimate of drug-likeness (QED) is 0.724. The number of alkyl halides is 3. The van der Waals surface area contributed by atoms with E-state index in [1.54, 1.807) is 31.3 Å². The van der Waals surface area contributed by atoms with Crippen molar-refractivity contribution in [2.45, 2.75) is 11.1 Å². The molecular weight excluding hydrogens is 329 g/mol. The van der Waals surface area contributed by atoms with Crippen LogP contribution in [0.15, 0.2) is 56.6 Å². The van der Waals surface area contributed by atoms with Crippen molar-refractivity contribution < 1.29 is 17.6 Å². The van der Waals surface area contributed by atoms with E-state index in [1.807, 2.05) is 0 Å². The molecule has 0 fully saturated rings. The van der Waals surface area contributed by atoms with Crippen molar-refractivity contribution >= 4 is 28.7 Å². The summed E-state index contributed by atoms with van der Waals surface area (Å²) in [7, 11) is 1.60. The number of aryl methyl sites for hydroxylation is 1. The van der Waals surface area contributed by atoms with Crippen molar-refractivity contribution in [2.24, 2.45) is 7.05 Å². The first kappa shape index (κ1) is 15.5. The fourth-order valence-corrected chi connectivity index (χ4v) is 2.72. The van der Waals surface area contributed by atoms with Crippen LogP contribution in [0.3, 0.4) is 0 Å². The second kappa shape index (κ2) is 5.69. The lowest BCUT2D eigenvalue weighted by molar-refractivity contribution is -0.137. The Kier molecular flexibility index (Phi) is 3.85. The smallest absolute Gasteiger partial charge is 0.408 e. The van der Waals surface area contributed by atoms with Crippen LogP contribution >= 0.6 is 11.9 Å². The number of rotatable bonds is 3. The molecule has 3 aromatic rings. The normalized spacial score (nSPS) is 11.8. The molecule has 4 nitrogen and oxygen atoms in total. The van der Waals surface area contributed by atoms with Gasteiger partial charge in [0, 0.05) is 17.6 Å². The van der Waals surface area contributed by atoms with Gasteiger partial charge in [-0.3, -0.25) is 4.57 Å². The van der Waals surface area contributed by atoms with Gasteiger partial charge in [-0.25, -0.2) is 4.79 Å². The van der Waals surface area contributed by atoms with Crippen molar-refractivity contribution in [1.29, 1.82) is 0 Å². The summed E-state index contributed by atoms with van der Waals surface area (Å²) < 4.78 is 47.3. The maximum atomic E-state index is 12.7. The summed E-state index contributed by atoms with van der Waals surface area (Å²) in [6.45, 7) is 0. The van der Waals surface area contributed by atoms with E-state index in [9.17, 15) is 18.0 Å². The average molecular weight is 340 g/mol. The number of oxazole rings is 1. The standard InChI is InChI=1S/C15H11F3N2O2S/c1-20-12-6-5-11(8-13(12)22-14(20)21)23-19-10-4-2-3-9(7-10)15(16,17)18/h2-8,19H,1H3. The Morgan fingerprint density at radius 3 is 2.70 bits per heavy atom. The number of nitrogens with zero attached hydrogens (tertiary/aromatic N) is 1. The third kappa shape index (κ3) is 3.21. The van der Waals surface area contributed by atoms with Gasteiger partial charge in [-0.1, -0.05) is 6.07 Å². The van der Waals surface area contributed by atoms with Gasteiger partial charge in [-0.15, -0.1) is 0 Å². The van der Waals surface area contributed by atoms with E-state index in [2.05, 4.69) is 4.72 Å². The molecule has 0 amide bonds. The van der Waals surface area contributed by atoms with Crippen molar-refractivity contribution in [3.63, 3.8) is 0 Å². The summed E-state index contributed by atoms with van der Waals surface area (Å²) in [5.41, 5.74) is 0.693. The molecule has 0 saturated heterocycles. The summed E-state index contributed by atoms with van der Waals surface area (Å²) >= 11 is 1.13. The van der Waals surface area contributed by atoms with Gasteiger partial charge in [0.15, 0.2) is 5.58 Å². The molecule has 23 heavy (non-hydrogen) atoms. The first-order chi connectivity index (χ1) is 10.8. The number of anilines is 1. The molecular formula is C15H11F3N2O2S. The molecule has 1 heterocycles. The molecule has 0 aliphatic heterocycles. The molecule has 0 bridgehead atoms. The van der Waals surface area contributed by atoms with Crippen LogP contribution < -0.4 is 10.5 Å². The lowest BCUT2D eigenvalue weighted by Crippen LogP contribution is -2.08. The minimum atomic E-state index is -4.38. The Bertz CT molecular complexity index is 915. The summed E-state index contributed by atoms with van der Waals surface area (Å²) in [5, 5.41) is 0. The highest BCUT2D eigenvalue weighted by Crippen LogP contribution is 2.32. The van der Waals surface area contributed by atoms with E-state index in [1.165, 1.54) is 10.6 Å². The van der Waals surface area contributed by atoms with Crippen LogP contribution in [-0.4, -0.2) is 4.57 Å². The van der Waals surface area contributed by atoms with Gasteiger partial charge in [0.2, 0.25) is 0 Å². The lowest BCUT2D eigenvalue weighted by atomic mass is 10.2. The van der Waals surface area contributed by atoms with Gasteiger partial charge < -0.3 is 9.14 Å². The molecule has 8 heteroatoms. The summed E-state index contributed by atoms with van der Waals surface area (Å²) in [6, 6.07) is 10.1. The molecule has 2 aromatic carbocycles. The van der Waals surface area contributed by atoms with Gasteiger partial charge in [0.25, 0.3) is 0 Å². The molecule has 0 spiro atoms. The fraction of sp³-hybridized carbons (Fsp3) is 0.133. The van der Waals surface area contributed by atoms with Gasteiger partial charge in [0.05, 0.1) is 11.1 Å². The molecule has 120 valence electrons. The first-order valence-corrected chi connectivity index (χ1v) is 7.36. The third-order valence-electron chi connectivity index (χ3n) is 3.24. The Hall–Kier alpha value is -2.35. The topological polar surface area (TPSA) is 47.2 Å². The lowest BCUT2D eigenvalue weighted by Gasteiger charge is -2.10. The van der Waals surface area contributed by atoms with Gasteiger partial charge >= 0.3 is 11.9 Å². The number of benzene rings is 2. The van der Waals surface area contributed by atoms with Crippen molar-refractivity contribution in [1.82, 2.24) is 4.57 Å². The predicted octanol–water partition coefficient (Wildman–Crippen LogP) is 4.27.